The summed E-state index contributed by atoms with van der Waals surface area (Å²) in [6.07, 6.45) is 1.80. The van der Waals surface area contributed by atoms with E-state index in [1.807, 2.05) is 13.0 Å². The SMILES string of the molecule is CCNc1nccc(N(CC)C(C)C)n1. The second-order valence-corrected chi connectivity index (χ2v) is 3.65. The van der Waals surface area contributed by atoms with E-state index in [1.54, 1.807) is 6.20 Å². The summed E-state index contributed by atoms with van der Waals surface area (Å²) >= 11 is 0. The van der Waals surface area contributed by atoms with E-state index in [0.29, 0.717) is 12.0 Å². The maximum absolute atomic E-state index is 4.46. The van der Waals surface area contributed by atoms with Gasteiger partial charge in [-0.05, 0) is 33.8 Å². The minimum atomic E-state index is 0.458. The van der Waals surface area contributed by atoms with Gasteiger partial charge in [0.05, 0.1) is 0 Å². The van der Waals surface area contributed by atoms with Crippen molar-refractivity contribution in [2.75, 3.05) is 23.3 Å². The highest BCUT2D eigenvalue weighted by molar-refractivity contribution is 5.42. The summed E-state index contributed by atoms with van der Waals surface area (Å²) in [6.45, 7) is 10.3. The Labute approximate surface area is 91.7 Å². The van der Waals surface area contributed by atoms with Crippen molar-refractivity contribution in [3.8, 4) is 0 Å². The van der Waals surface area contributed by atoms with Crippen LogP contribution in [0.3, 0.4) is 0 Å². The molecular formula is C11H20N4. The molecule has 1 aromatic rings. The molecule has 1 heterocycles. The number of nitrogens with zero attached hydrogens (tertiary/aromatic N) is 3. The zero-order valence-electron chi connectivity index (χ0n) is 9.99. The maximum atomic E-state index is 4.46. The van der Waals surface area contributed by atoms with Crippen molar-refractivity contribution in [1.29, 1.82) is 0 Å². The van der Waals surface area contributed by atoms with Crippen molar-refractivity contribution in [3.05, 3.63) is 12.3 Å². The molecule has 15 heavy (non-hydrogen) atoms. The lowest BCUT2D eigenvalue weighted by molar-refractivity contribution is 0.692. The molecule has 0 aliphatic rings. The highest BCUT2D eigenvalue weighted by Crippen LogP contribution is 2.14. The molecule has 1 rings (SSSR count). The van der Waals surface area contributed by atoms with Crippen molar-refractivity contribution in [2.45, 2.75) is 33.7 Å². The zero-order chi connectivity index (χ0) is 11.3. The third-order valence-electron chi connectivity index (χ3n) is 2.23. The highest BCUT2D eigenvalue weighted by atomic mass is 15.2. The molecule has 4 heteroatoms. The van der Waals surface area contributed by atoms with Gasteiger partial charge in [-0.3, -0.25) is 0 Å². The van der Waals surface area contributed by atoms with E-state index in [9.17, 15) is 0 Å². The summed E-state index contributed by atoms with van der Waals surface area (Å²) in [5.74, 6) is 1.69. The standard InChI is InChI=1S/C11H20N4/c1-5-12-11-13-8-7-10(14-11)15(6-2)9(3)4/h7-9H,5-6H2,1-4H3,(H,12,13,14). The summed E-state index contributed by atoms with van der Waals surface area (Å²) in [4.78, 5) is 10.9. The van der Waals surface area contributed by atoms with Crippen molar-refractivity contribution in [1.82, 2.24) is 9.97 Å². The molecule has 0 fully saturated rings. The molecule has 0 saturated carbocycles. The molecule has 0 amide bonds. The van der Waals surface area contributed by atoms with Gasteiger partial charge >= 0.3 is 0 Å². The van der Waals surface area contributed by atoms with Crippen LogP contribution in [-0.2, 0) is 0 Å². The summed E-state index contributed by atoms with van der Waals surface area (Å²) in [6, 6.07) is 2.41. The van der Waals surface area contributed by atoms with Gasteiger partial charge in [0, 0.05) is 25.3 Å². The molecule has 1 aromatic heterocycles. The fourth-order valence-corrected chi connectivity index (χ4v) is 1.54. The van der Waals surface area contributed by atoms with Crippen molar-refractivity contribution >= 4 is 11.8 Å². The Balaban J connectivity index is 2.87. The molecule has 0 bridgehead atoms. The molecule has 0 unspecified atom stereocenters. The first kappa shape index (κ1) is 11.8. The van der Waals surface area contributed by atoms with E-state index in [4.69, 9.17) is 0 Å². The number of rotatable bonds is 5. The lowest BCUT2D eigenvalue weighted by Gasteiger charge is -2.26. The number of aromatic nitrogens is 2. The average molecular weight is 208 g/mol. The van der Waals surface area contributed by atoms with Gasteiger partial charge in [-0.25, -0.2) is 4.98 Å². The van der Waals surface area contributed by atoms with Crippen LogP contribution < -0.4 is 10.2 Å². The highest BCUT2D eigenvalue weighted by Gasteiger charge is 2.09. The minimum absolute atomic E-state index is 0.458. The monoisotopic (exact) mass is 208 g/mol. The molecule has 0 saturated heterocycles. The average Bonchev–Trinajstić information content (AvgIpc) is 2.19. The fraction of sp³-hybridized carbons (Fsp3) is 0.636. The third-order valence-corrected chi connectivity index (χ3v) is 2.23. The van der Waals surface area contributed by atoms with Gasteiger partial charge in [0.1, 0.15) is 5.82 Å². The van der Waals surface area contributed by atoms with Crippen molar-refractivity contribution < 1.29 is 0 Å². The van der Waals surface area contributed by atoms with Crippen LogP contribution >= 0.6 is 0 Å². The van der Waals surface area contributed by atoms with Crippen LogP contribution in [0.5, 0.6) is 0 Å². The Kier molecular flexibility index (Phi) is 4.34. The Morgan fingerprint density at radius 1 is 1.40 bits per heavy atom. The molecule has 0 aliphatic carbocycles. The Morgan fingerprint density at radius 3 is 2.67 bits per heavy atom. The quantitative estimate of drug-likeness (QED) is 0.805. The van der Waals surface area contributed by atoms with Crippen LogP contribution in [0.1, 0.15) is 27.7 Å². The molecule has 84 valence electrons. The lowest BCUT2D eigenvalue weighted by Crippen LogP contribution is -2.31. The number of anilines is 2. The zero-order valence-corrected chi connectivity index (χ0v) is 9.99. The largest absolute Gasteiger partial charge is 0.354 e. The van der Waals surface area contributed by atoms with Crippen molar-refractivity contribution in [2.24, 2.45) is 0 Å². The van der Waals surface area contributed by atoms with E-state index in [1.165, 1.54) is 0 Å². The summed E-state index contributed by atoms with van der Waals surface area (Å²) in [7, 11) is 0. The molecule has 0 aromatic carbocycles. The Hall–Kier alpha value is -1.32. The van der Waals surface area contributed by atoms with E-state index in [0.717, 1.165) is 18.9 Å². The summed E-state index contributed by atoms with van der Waals surface area (Å²) in [5, 5.41) is 3.12. The van der Waals surface area contributed by atoms with Gasteiger partial charge in [0.2, 0.25) is 5.95 Å². The number of hydrogen-bond acceptors (Lipinski definition) is 4. The summed E-state index contributed by atoms with van der Waals surface area (Å²) in [5.41, 5.74) is 0. The van der Waals surface area contributed by atoms with Crippen LogP contribution in [0, 0.1) is 0 Å². The topological polar surface area (TPSA) is 41.1 Å². The van der Waals surface area contributed by atoms with Crippen LogP contribution in [-0.4, -0.2) is 29.1 Å². The molecule has 1 N–H and O–H groups in total. The van der Waals surface area contributed by atoms with E-state index < -0.39 is 0 Å². The first-order valence-corrected chi connectivity index (χ1v) is 5.52. The Bertz CT molecular complexity index is 298. The van der Waals surface area contributed by atoms with Gasteiger partial charge in [-0.1, -0.05) is 0 Å². The first-order chi connectivity index (χ1) is 7.19. The smallest absolute Gasteiger partial charge is 0.224 e. The minimum Gasteiger partial charge on any atom is -0.354 e. The number of nitrogens with one attached hydrogen (secondary N) is 1. The molecule has 0 aliphatic heterocycles. The predicted octanol–water partition coefficient (Wildman–Crippen LogP) is 2.14. The van der Waals surface area contributed by atoms with Gasteiger partial charge in [0.15, 0.2) is 0 Å². The normalized spacial score (nSPS) is 10.5. The first-order valence-electron chi connectivity index (χ1n) is 5.52. The lowest BCUT2D eigenvalue weighted by atomic mass is 10.3. The Morgan fingerprint density at radius 2 is 2.13 bits per heavy atom. The second-order valence-electron chi connectivity index (χ2n) is 3.65. The molecule has 0 spiro atoms. The van der Waals surface area contributed by atoms with E-state index in [-0.39, 0.29) is 0 Å². The predicted molar refractivity (Wildman–Crippen MR) is 64.4 cm³/mol. The van der Waals surface area contributed by atoms with Crippen LogP contribution in [0.2, 0.25) is 0 Å². The third kappa shape index (κ3) is 3.08. The van der Waals surface area contributed by atoms with Gasteiger partial charge < -0.3 is 10.2 Å². The van der Waals surface area contributed by atoms with Gasteiger partial charge in [0.25, 0.3) is 0 Å². The van der Waals surface area contributed by atoms with Gasteiger partial charge in [-0.15, -0.1) is 0 Å². The number of hydrogen-bond donors (Lipinski definition) is 1. The van der Waals surface area contributed by atoms with Crippen LogP contribution in [0.4, 0.5) is 11.8 Å². The van der Waals surface area contributed by atoms with E-state index >= 15 is 0 Å². The van der Waals surface area contributed by atoms with Crippen molar-refractivity contribution in [3.63, 3.8) is 0 Å². The molecule has 4 nitrogen and oxygen atoms in total. The molecular weight excluding hydrogens is 188 g/mol. The fourth-order valence-electron chi connectivity index (χ4n) is 1.54. The summed E-state index contributed by atoms with van der Waals surface area (Å²) < 4.78 is 0. The van der Waals surface area contributed by atoms with Crippen LogP contribution in [0.25, 0.3) is 0 Å². The molecule has 0 radical (unpaired) electrons. The van der Waals surface area contributed by atoms with Gasteiger partial charge in [-0.2, -0.15) is 4.98 Å². The van der Waals surface area contributed by atoms with E-state index in [2.05, 4.69) is 41.0 Å². The maximum Gasteiger partial charge on any atom is 0.224 e. The van der Waals surface area contributed by atoms with Crippen LogP contribution in [0.15, 0.2) is 12.3 Å². The molecule has 0 atom stereocenters. The second kappa shape index (κ2) is 5.53.